The fourth-order valence-corrected chi connectivity index (χ4v) is 9.12. The molecule has 1 fully saturated rings. The molecule has 1 aromatic heterocycles. The van der Waals surface area contributed by atoms with Crippen molar-refractivity contribution in [3.63, 3.8) is 0 Å². The van der Waals surface area contributed by atoms with Crippen LogP contribution in [0.1, 0.15) is 31.2 Å². The number of para-hydroxylation sites is 1. The molecule has 1 aliphatic rings. The van der Waals surface area contributed by atoms with E-state index in [9.17, 15) is 52.7 Å². The monoisotopic (exact) mass is 989 g/mol. The van der Waals surface area contributed by atoms with Crippen molar-refractivity contribution in [3.8, 4) is 5.19 Å². The van der Waals surface area contributed by atoms with Crippen molar-refractivity contribution < 1.29 is 97.1 Å². The molecule has 0 atom stereocenters. The summed E-state index contributed by atoms with van der Waals surface area (Å²) in [6, 6.07) is 19.2. The molecule has 0 spiro atoms. The molecule has 7 aromatic rings. The van der Waals surface area contributed by atoms with Crippen LogP contribution in [0.2, 0.25) is 0 Å². The third-order valence-electron chi connectivity index (χ3n) is 11.0. The van der Waals surface area contributed by atoms with Crippen LogP contribution in [0, 0.1) is 116 Å². The Labute approximate surface area is 366 Å². The lowest BCUT2D eigenvalue weighted by Crippen LogP contribution is -2.81. The minimum absolute atomic E-state index is 0.398. The molecule has 1 heterocycles. The van der Waals surface area contributed by atoms with Crippen LogP contribution in [-0.2, 0) is 6.54 Å². The molecule has 0 radical (unpaired) electrons. The van der Waals surface area contributed by atoms with E-state index < -0.39 is 144 Å². The summed E-state index contributed by atoms with van der Waals surface area (Å²) in [6.07, 6.45) is -1.83. The summed E-state index contributed by atoms with van der Waals surface area (Å²) in [7, 11) is 0. The van der Waals surface area contributed by atoms with Crippen molar-refractivity contribution in [2.75, 3.05) is 0 Å². The lowest BCUT2D eigenvalue weighted by molar-refractivity contribution is -0.664. The Morgan fingerprint density at radius 1 is 0.403 bits per heavy atom. The summed E-state index contributed by atoms with van der Waals surface area (Å²) in [5, 5.41) is 1.05. The molecule has 6 aromatic carbocycles. The molecule has 1 saturated carbocycles. The van der Waals surface area contributed by atoms with Crippen LogP contribution >= 0.6 is 11.3 Å². The van der Waals surface area contributed by atoms with Gasteiger partial charge in [0.05, 0.1) is 0 Å². The molecule has 0 saturated heterocycles. The zero-order chi connectivity index (χ0) is 49.1. The van der Waals surface area contributed by atoms with Crippen molar-refractivity contribution >= 4 is 49.6 Å². The van der Waals surface area contributed by atoms with E-state index in [4.69, 9.17) is 4.74 Å². The summed E-state index contributed by atoms with van der Waals surface area (Å²) >= 11 is 1.77. The van der Waals surface area contributed by atoms with E-state index in [0.29, 0.717) is 6.10 Å². The number of aromatic nitrogens is 1. The molecule has 2 nitrogen and oxygen atoms in total. The zero-order valence-electron chi connectivity index (χ0n) is 32.7. The number of ether oxygens (including phenoxy) is 1. The molecular weight excluding hydrogens is 969 g/mol. The largest absolute Gasteiger partial charge is 0.433 e. The topological polar surface area (TPSA) is 13.1 Å². The summed E-state index contributed by atoms with van der Waals surface area (Å²) in [5.41, 5.74) is -11.7. The number of thiazole rings is 1. The van der Waals surface area contributed by atoms with Crippen molar-refractivity contribution in [1.29, 1.82) is 0 Å². The van der Waals surface area contributed by atoms with E-state index in [0.717, 1.165) is 11.7 Å². The highest BCUT2D eigenvalue weighted by Crippen LogP contribution is 2.33. The third kappa shape index (κ3) is 7.79. The molecule has 8 rings (SSSR count). The molecule has 0 unspecified atom stereocenters. The highest BCUT2D eigenvalue weighted by Gasteiger charge is 2.52. The van der Waals surface area contributed by atoms with E-state index >= 15 is 35.1 Å². The van der Waals surface area contributed by atoms with Gasteiger partial charge in [0.25, 0.3) is 0 Å². The zero-order valence-corrected chi connectivity index (χ0v) is 33.5. The quantitative estimate of drug-likeness (QED) is 0.0486. The molecule has 0 N–H and O–H groups in total. The second-order valence-corrected chi connectivity index (χ2v) is 15.7. The lowest BCUT2D eigenvalue weighted by Gasteiger charge is -2.44. The Kier molecular flexibility index (Phi) is 13.3. The fourth-order valence-electron chi connectivity index (χ4n) is 8.04. The van der Waals surface area contributed by atoms with Crippen LogP contribution in [0.4, 0.5) is 87.8 Å². The van der Waals surface area contributed by atoms with Crippen molar-refractivity contribution in [2.45, 2.75) is 38.3 Å². The molecule has 1 aliphatic carbocycles. The molecule has 0 amide bonds. The van der Waals surface area contributed by atoms with Gasteiger partial charge in [0.15, 0.2) is 76.4 Å². The van der Waals surface area contributed by atoms with Gasteiger partial charge in [-0.2, -0.15) is 0 Å². The van der Waals surface area contributed by atoms with E-state index in [1.54, 1.807) is 11.3 Å². The van der Waals surface area contributed by atoms with Gasteiger partial charge < -0.3 is 4.74 Å². The predicted molar refractivity (Wildman–Crippen MR) is 200 cm³/mol. The van der Waals surface area contributed by atoms with Crippen molar-refractivity contribution in [1.82, 2.24) is 0 Å². The highest BCUT2D eigenvalue weighted by atomic mass is 32.1. The predicted octanol–water partition coefficient (Wildman–Crippen LogP) is 10.4. The molecule has 67 heavy (non-hydrogen) atoms. The second-order valence-electron chi connectivity index (χ2n) is 14.7. The first kappa shape index (κ1) is 48.6. The maximum absolute atomic E-state index is 15.4. The summed E-state index contributed by atoms with van der Waals surface area (Å²) in [4.78, 5) is 0. The van der Waals surface area contributed by atoms with Gasteiger partial charge in [0.2, 0.25) is 5.52 Å². The van der Waals surface area contributed by atoms with E-state index in [-0.39, 0.29) is 0 Å². The first-order valence-electron chi connectivity index (χ1n) is 19.0. The number of nitrogens with zero attached hydrogens (tertiary/aromatic N) is 1. The summed E-state index contributed by atoms with van der Waals surface area (Å²) < 4.78 is 304. The SMILES string of the molecule is Fc1c(F)c(F)c([B-](c2c(F)c(F)c(F)c(F)c2F)(c2c(F)c(F)c(F)c(F)c2F)c2c(F)c(F)c(F)c(F)c2F)c(F)c1F.c1ccc(C[n+]2c(OC3CCCC3)sc3ccccc32)cc1. The lowest BCUT2D eigenvalue weighted by atomic mass is 9.12. The minimum atomic E-state index is -7.22. The number of halogens is 20. The summed E-state index contributed by atoms with van der Waals surface area (Å²) in [5.74, 6) is -71.4. The Bertz CT molecular complexity index is 2720. The Hall–Kier alpha value is -6.33. The maximum atomic E-state index is 15.4. The second kappa shape index (κ2) is 18.4. The molecule has 0 bridgehead atoms. The van der Waals surface area contributed by atoms with E-state index in [1.165, 1.54) is 41.5 Å². The maximum Gasteiger partial charge on any atom is 0.432 e. The van der Waals surface area contributed by atoms with Gasteiger partial charge in [-0.3, -0.25) is 0 Å². The van der Waals surface area contributed by atoms with Gasteiger partial charge >= 0.3 is 5.19 Å². The molecule has 352 valence electrons. The summed E-state index contributed by atoms with van der Waals surface area (Å²) in [6.45, 7) is 0.868. The number of hydrogen-bond acceptors (Lipinski definition) is 2. The number of rotatable bonds is 8. The van der Waals surface area contributed by atoms with Crippen LogP contribution in [0.15, 0.2) is 54.6 Å². The fraction of sp³-hybridized carbons (Fsp3) is 0.140. The van der Waals surface area contributed by atoms with E-state index in [1.807, 2.05) is 0 Å². The van der Waals surface area contributed by atoms with Crippen molar-refractivity contribution in [2.24, 2.45) is 0 Å². The van der Waals surface area contributed by atoms with Crippen LogP contribution in [0.25, 0.3) is 10.2 Å². The average Bonchev–Trinajstić information content (AvgIpc) is 3.97. The minimum Gasteiger partial charge on any atom is -0.433 e. The van der Waals surface area contributed by atoms with Gasteiger partial charge in [-0.1, -0.05) is 42.5 Å². The first-order chi connectivity index (χ1) is 31.6. The van der Waals surface area contributed by atoms with Crippen LogP contribution < -0.4 is 31.2 Å². The highest BCUT2D eigenvalue weighted by molar-refractivity contribution is 7.20. The van der Waals surface area contributed by atoms with Gasteiger partial charge in [-0.15, -0.1) is 26.4 Å². The normalized spacial score (nSPS) is 13.1. The van der Waals surface area contributed by atoms with Crippen LogP contribution in [-0.4, -0.2) is 12.2 Å². The number of benzene rings is 6. The standard InChI is InChI=1S/C24BF20.C19H20NOS/c26-5-1(6(27)14(35)21(42)13(5)34)25(2-7(28)15(36)22(43)16(37)8(2)29,3-9(30)17(38)23(44)18(39)10(3)31)4-11(32)19(40)24(45)20(41)12(4)33;1-2-8-15(9-3-1)14-20-17-12-6-7-13-18(17)22-19(20)21-16-10-4-5-11-16/h;1-3,6-9,12-13,16H,4-5,10-11,14H2/q-1;+1. The van der Waals surface area contributed by atoms with Gasteiger partial charge in [-0.05, 0) is 43.1 Å². The molecule has 0 aliphatic heterocycles. The molecular formula is C43H20BF20NOS. The van der Waals surface area contributed by atoms with Crippen LogP contribution in [0.5, 0.6) is 5.19 Å². The number of fused-ring (bicyclic) bond motifs is 1. The van der Waals surface area contributed by atoms with Gasteiger partial charge in [0, 0.05) is 11.6 Å². The van der Waals surface area contributed by atoms with Crippen LogP contribution in [0.3, 0.4) is 0 Å². The van der Waals surface area contributed by atoms with Gasteiger partial charge in [-0.25, -0.2) is 87.8 Å². The average molecular weight is 989 g/mol. The first-order valence-corrected chi connectivity index (χ1v) is 19.8. The van der Waals surface area contributed by atoms with Gasteiger partial charge in [0.1, 0.15) is 63.5 Å². The smallest absolute Gasteiger partial charge is 0.432 e. The third-order valence-corrected chi connectivity index (χ3v) is 12.1. The number of hydrogen-bond donors (Lipinski definition) is 0. The Morgan fingerprint density at radius 3 is 1.04 bits per heavy atom. The Morgan fingerprint density at radius 2 is 0.701 bits per heavy atom. The van der Waals surface area contributed by atoms with Crippen molar-refractivity contribution in [3.05, 3.63) is 177 Å². The molecule has 24 heteroatoms. The van der Waals surface area contributed by atoms with E-state index in [2.05, 4.69) is 59.2 Å². The Balaban J connectivity index is 0.000000250.